The van der Waals surface area contributed by atoms with Crippen molar-refractivity contribution in [3.63, 3.8) is 0 Å². The first-order valence-electron chi connectivity index (χ1n) is 4.90. The number of esters is 1. The fraction of sp³-hybridized carbons (Fsp3) is 0.250. The van der Waals surface area contributed by atoms with E-state index in [-0.39, 0.29) is 5.71 Å². The Morgan fingerprint density at radius 3 is 2.59 bits per heavy atom. The number of ether oxygens (including phenoxy) is 1. The Morgan fingerprint density at radius 2 is 2.06 bits per heavy atom. The van der Waals surface area contributed by atoms with Gasteiger partial charge in [0.2, 0.25) is 0 Å². The summed E-state index contributed by atoms with van der Waals surface area (Å²) in [4.78, 5) is 27.1. The van der Waals surface area contributed by atoms with Crippen LogP contribution in [-0.2, 0) is 14.4 Å². The summed E-state index contributed by atoms with van der Waals surface area (Å²) in [5.74, 6) is -0.649. The minimum Gasteiger partial charge on any atom is -0.464 e. The lowest BCUT2D eigenvalue weighted by Crippen LogP contribution is -2.20. The van der Waals surface area contributed by atoms with Crippen LogP contribution in [0.3, 0.4) is 0 Å². The Kier molecular flexibility index (Phi) is 4.39. The number of benzene rings is 1. The van der Waals surface area contributed by atoms with Gasteiger partial charge in [0.25, 0.3) is 0 Å². The Bertz CT molecular complexity index is 466. The normalized spacial score (nSPS) is 10.9. The number of carbonyl (C=O) groups is 2. The molecule has 0 N–H and O–H groups in total. The molecular formula is C12H13NO4. The summed E-state index contributed by atoms with van der Waals surface area (Å²) in [6, 6.07) is 5.10. The molecule has 0 radical (unpaired) electrons. The summed E-state index contributed by atoms with van der Waals surface area (Å²) in [5, 5.41) is 3.62. The third-order valence-electron chi connectivity index (χ3n) is 2.23. The Labute approximate surface area is 99.0 Å². The van der Waals surface area contributed by atoms with Gasteiger partial charge in [-0.25, -0.2) is 4.79 Å². The van der Waals surface area contributed by atoms with Crippen LogP contribution >= 0.6 is 0 Å². The van der Waals surface area contributed by atoms with Gasteiger partial charge in [-0.15, -0.1) is 0 Å². The second kappa shape index (κ2) is 5.79. The van der Waals surface area contributed by atoms with E-state index >= 15 is 0 Å². The number of aldehydes is 1. The average molecular weight is 235 g/mol. The number of hydrogen-bond acceptors (Lipinski definition) is 5. The number of carbonyl (C=O) groups excluding carboxylic acids is 2. The summed E-state index contributed by atoms with van der Waals surface area (Å²) in [5.41, 5.74) is 1.52. The van der Waals surface area contributed by atoms with Crippen LogP contribution in [0.25, 0.3) is 0 Å². The molecule has 0 saturated heterocycles. The first kappa shape index (κ1) is 12.9. The number of rotatable bonds is 4. The van der Waals surface area contributed by atoms with Crippen molar-refractivity contribution < 1.29 is 19.2 Å². The first-order chi connectivity index (χ1) is 8.15. The summed E-state index contributed by atoms with van der Waals surface area (Å²) in [6.45, 7) is 1.77. The first-order valence-corrected chi connectivity index (χ1v) is 4.90. The van der Waals surface area contributed by atoms with Crippen molar-refractivity contribution in [1.29, 1.82) is 0 Å². The molecule has 17 heavy (non-hydrogen) atoms. The van der Waals surface area contributed by atoms with Crippen LogP contribution < -0.4 is 0 Å². The molecule has 5 nitrogen and oxygen atoms in total. The van der Waals surface area contributed by atoms with Crippen molar-refractivity contribution in [3.05, 3.63) is 34.9 Å². The second-order valence-electron chi connectivity index (χ2n) is 3.27. The zero-order chi connectivity index (χ0) is 12.8. The molecule has 0 fully saturated rings. The molecule has 0 aliphatic carbocycles. The van der Waals surface area contributed by atoms with E-state index in [1.807, 2.05) is 0 Å². The van der Waals surface area contributed by atoms with Crippen molar-refractivity contribution in [2.24, 2.45) is 5.16 Å². The summed E-state index contributed by atoms with van der Waals surface area (Å²) >= 11 is 0. The molecule has 0 aliphatic rings. The molecule has 0 amide bonds. The highest BCUT2D eigenvalue weighted by molar-refractivity contribution is 6.44. The minimum atomic E-state index is -0.649. The highest BCUT2D eigenvalue weighted by Gasteiger charge is 2.20. The quantitative estimate of drug-likeness (QED) is 0.342. The predicted molar refractivity (Wildman–Crippen MR) is 62.1 cm³/mol. The van der Waals surface area contributed by atoms with E-state index in [1.165, 1.54) is 14.2 Å². The average Bonchev–Trinajstić information content (AvgIpc) is 2.35. The molecular weight excluding hydrogens is 222 g/mol. The van der Waals surface area contributed by atoms with Gasteiger partial charge in [0.1, 0.15) is 7.11 Å². The van der Waals surface area contributed by atoms with Gasteiger partial charge in [0, 0.05) is 11.1 Å². The molecule has 0 heterocycles. The van der Waals surface area contributed by atoms with E-state index in [2.05, 4.69) is 14.7 Å². The van der Waals surface area contributed by atoms with Crippen LogP contribution in [0.4, 0.5) is 0 Å². The number of methoxy groups -OCH3 is 1. The monoisotopic (exact) mass is 235 g/mol. The van der Waals surface area contributed by atoms with Crippen LogP contribution in [-0.4, -0.2) is 32.2 Å². The topological polar surface area (TPSA) is 65.0 Å². The van der Waals surface area contributed by atoms with Gasteiger partial charge in [-0.2, -0.15) is 0 Å². The van der Waals surface area contributed by atoms with Crippen molar-refractivity contribution in [1.82, 2.24) is 0 Å². The van der Waals surface area contributed by atoms with Crippen LogP contribution in [0.5, 0.6) is 0 Å². The maximum atomic E-state index is 11.6. The number of nitrogens with zero attached hydrogens (tertiary/aromatic N) is 1. The van der Waals surface area contributed by atoms with E-state index in [0.717, 1.165) is 5.56 Å². The van der Waals surface area contributed by atoms with Crippen molar-refractivity contribution >= 4 is 18.0 Å². The molecule has 0 bridgehead atoms. The van der Waals surface area contributed by atoms with Crippen LogP contribution in [0, 0.1) is 6.92 Å². The van der Waals surface area contributed by atoms with E-state index in [1.54, 1.807) is 25.1 Å². The second-order valence-corrected chi connectivity index (χ2v) is 3.27. The van der Waals surface area contributed by atoms with Crippen LogP contribution in [0.15, 0.2) is 23.4 Å². The van der Waals surface area contributed by atoms with Gasteiger partial charge >= 0.3 is 5.97 Å². The fourth-order valence-corrected chi connectivity index (χ4v) is 1.49. The Balaban J connectivity index is 3.42. The van der Waals surface area contributed by atoms with Crippen LogP contribution in [0.2, 0.25) is 0 Å². The molecule has 0 aromatic heterocycles. The minimum absolute atomic E-state index is 0.0183. The third kappa shape index (κ3) is 2.69. The molecule has 1 rings (SSSR count). The van der Waals surface area contributed by atoms with Crippen molar-refractivity contribution in [2.75, 3.05) is 14.2 Å². The summed E-state index contributed by atoms with van der Waals surface area (Å²) in [7, 11) is 2.56. The van der Waals surface area contributed by atoms with Gasteiger partial charge in [-0.1, -0.05) is 23.4 Å². The van der Waals surface area contributed by atoms with E-state index < -0.39 is 5.97 Å². The lowest BCUT2D eigenvalue weighted by Gasteiger charge is -2.09. The van der Waals surface area contributed by atoms with E-state index in [9.17, 15) is 9.59 Å². The maximum absolute atomic E-state index is 11.6. The van der Waals surface area contributed by atoms with Gasteiger partial charge in [-0.05, 0) is 12.5 Å². The molecule has 90 valence electrons. The molecule has 1 aromatic rings. The fourth-order valence-electron chi connectivity index (χ4n) is 1.49. The molecule has 0 saturated carbocycles. The number of oxime groups is 1. The van der Waals surface area contributed by atoms with Gasteiger partial charge in [-0.3, -0.25) is 4.79 Å². The molecule has 5 heteroatoms. The standard InChI is InChI=1S/C12H13NO4/c1-8-5-4-6-9(7-14)10(8)11(13-17-3)12(15)16-2/h4-7H,1-3H3. The highest BCUT2D eigenvalue weighted by atomic mass is 16.6. The molecule has 0 unspecified atom stereocenters. The molecule has 0 aliphatic heterocycles. The number of aryl methyl sites for hydroxylation is 1. The maximum Gasteiger partial charge on any atom is 0.360 e. The predicted octanol–water partition coefficient (Wildman–Crippen LogP) is 1.33. The zero-order valence-electron chi connectivity index (χ0n) is 9.89. The Morgan fingerprint density at radius 1 is 1.35 bits per heavy atom. The molecule has 0 atom stereocenters. The lowest BCUT2D eigenvalue weighted by atomic mass is 9.98. The van der Waals surface area contributed by atoms with Crippen LogP contribution in [0.1, 0.15) is 21.5 Å². The smallest absolute Gasteiger partial charge is 0.360 e. The van der Waals surface area contributed by atoms with Crippen molar-refractivity contribution in [3.8, 4) is 0 Å². The number of hydrogen-bond donors (Lipinski definition) is 0. The Hall–Kier alpha value is -2.17. The zero-order valence-corrected chi connectivity index (χ0v) is 9.89. The summed E-state index contributed by atoms with van der Waals surface area (Å²) in [6.07, 6.45) is 0.663. The molecule has 1 aromatic carbocycles. The SMILES string of the molecule is CON=C(C(=O)OC)c1c(C)cccc1C=O. The van der Waals surface area contributed by atoms with E-state index in [4.69, 9.17) is 0 Å². The largest absolute Gasteiger partial charge is 0.464 e. The third-order valence-corrected chi connectivity index (χ3v) is 2.23. The lowest BCUT2D eigenvalue weighted by molar-refractivity contribution is -0.132. The van der Waals surface area contributed by atoms with Gasteiger partial charge in [0.15, 0.2) is 12.0 Å². The highest BCUT2D eigenvalue weighted by Crippen LogP contribution is 2.15. The van der Waals surface area contributed by atoms with Gasteiger partial charge in [0.05, 0.1) is 7.11 Å². The van der Waals surface area contributed by atoms with Crippen molar-refractivity contribution in [2.45, 2.75) is 6.92 Å². The molecule has 0 spiro atoms. The van der Waals surface area contributed by atoms with E-state index in [0.29, 0.717) is 17.4 Å². The van der Waals surface area contributed by atoms with Gasteiger partial charge < -0.3 is 9.57 Å². The summed E-state index contributed by atoms with van der Waals surface area (Å²) < 4.78 is 4.61.